The van der Waals surface area contributed by atoms with Crippen LogP contribution < -0.4 is 10.1 Å². The van der Waals surface area contributed by atoms with Crippen LogP contribution in [0.1, 0.15) is 12.1 Å². The van der Waals surface area contributed by atoms with E-state index in [1.165, 1.54) is 7.11 Å². The number of nitrogens with one attached hydrogen (secondary N) is 1. The summed E-state index contributed by atoms with van der Waals surface area (Å²) in [6, 6.07) is 3.55. The smallest absolute Gasteiger partial charge is 0.231 e. The number of amides is 1. The van der Waals surface area contributed by atoms with Gasteiger partial charge in [-0.2, -0.15) is 0 Å². The molecule has 0 bridgehead atoms. The number of hydrogen-bond acceptors (Lipinski definition) is 3. The van der Waals surface area contributed by atoms with E-state index < -0.39 is 4.33 Å². The molecule has 0 unspecified atom stereocenters. The Kier molecular flexibility index (Phi) is 3.19. The van der Waals surface area contributed by atoms with Gasteiger partial charge in [0.15, 0.2) is 11.6 Å². The Bertz CT molecular complexity index is 463. The van der Waals surface area contributed by atoms with Crippen LogP contribution in [0.15, 0.2) is 12.1 Å². The number of aromatic nitrogens is 1. The van der Waals surface area contributed by atoms with E-state index in [1.807, 2.05) is 6.92 Å². The van der Waals surface area contributed by atoms with Crippen LogP contribution in [-0.4, -0.2) is 22.3 Å². The molecule has 1 saturated carbocycles. The second kappa shape index (κ2) is 4.35. The summed E-state index contributed by atoms with van der Waals surface area (Å²) in [5.74, 6) is 0.303. The molecule has 0 aromatic carbocycles. The maximum absolute atomic E-state index is 11.8. The van der Waals surface area contributed by atoms with Crippen molar-refractivity contribution >= 4 is 34.9 Å². The van der Waals surface area contributed by atoms with Gasteiger partial charge in [-0.05, 0) is 25.5 Å². The number of aryl methyl sites for hydroxylation is 1. The van der Waals surface area contributed by atoms with Gasteiger partial charge in [-0.25, -0.2) is 4.98 Å². The predicted molar refractivity (Wildman–Crippen MR) is 66.7 cm³/mol. The topological polar surface area (TPSA) is 51.2 Å². The second-order valence-corrected chi connectivity index (χ2v) is 5.55. The molecule has 1 aromatic rings. The van der Waals surface area contributed by atoms with Crippen LogP contribution >= 0.6 is 23.2 Å². The Morgan fingerprint density at radius 1 is 1.59 bits per heavy atom. The third-order valence-electron chi connectivity index (χ3n) is 2.60. The molecular formula is C11H12Cl2N2O2. The first-order chi connectivity index (χ1) is 7.94. The van der Waals surface area contributed by atoms with Crippen molar-refractivity contribution in [1.82, 2.24) is 4.98 Å². The van der Waals surface area contributed by atoms with E-state index in [1.54, 1.807) is 12.1 Å². The van der Waals surface area contributed by atoms with Gasteiger partial charge >= 0.3 is 0 Å². The van der Waals surface area contributed by atoms with Crippen LogP contribution in [0.2, 0.25) is 0 Å². The molecule has 1 atom stereocenters. The molecule has 17 heavy (non-hydrogen) atoms. The molecule has 0 aliphatic heterocycles. The predicted octanol–water partition coefficient (Wildman–Crippen LogP) is 2.53. The lowest BCUT2D eigenvalue weighted by atomic mass is 10.3. The number of anilines is 1. The van der Waals surface area contributed by atoms with Crippen LogP contribution in [0.25, 0.3) is 0 Å². The number of alkyl halides is 2. The van der Waals surface area contributed by atoms with E-state index >= 15 is 0 Å². The van der Waals surface area contributed by atoms with E-state index in [2.05, 4.69) is 10.3 Å². The van der Waals surface area contributed by atoms with Crippen molar-refractivity contribution in [1.29, 1.82) is 0 Å². The summed E-state index contributed by atoms with van der Waals surface area (Å²) in [7, 11) is 1.52. The van der Waals surface area contributed by atoms with E-state index in [0.29, 0.717) is 18.0 Å². The van der Waals surface area contributed by atoms with Gasteiger partial charge in [0.2, 0.25) is 5.91 Å². The lowest BCUT2D eigenvalue weighted by molar-refractivity contribution is -0.117. The molecule has 0 spiro atoms. The highest BCUT2D eigenvalue weighted by atomic mass is 35.5. The molecular weight excluding hydrogens is 263 g/mol. The largest absolute Gasteiger partial charge is 0.493 e. The number of carbonyl (C=O) groups excluding carboxylic acids is 1. The Hall–Kier alpha value is -1.00. The summed E-state index contributed by atoms with van der Waals surface area (Å²) in [5.41, 5.74) is 0.792. The van der Waals surface area contributed by atoms with E-state index in [0.717, 1.165) is 5.69 Å². The quantitative estimate of drug-likeness (QED) is 0.862. The van der Waals surface area contributed by atoms with Gasteiger partial charge < -0.3 is 10.1 Å². The molecule has 1 aliphatic rings. The fourth-order valence-corrected chi connectivity index (χ4v) is 2.01. The van der Waals surface area contributed by atoms with E-state index in [4.69, 9.17) is 27.9 Å². The summed E-state index contributed by atoms with van der Waals surface area (Å²) >= 11 is 11.7. The Morgan fingerprint density at radius 3 is 2.76 bits per heavy atom. The Balaban J connectivity index is 2.13. The zero-order valence-corrected chi connectivity index (χ0v) is 11.0. The van der Waals surface area contributed by atoms with Crippen molar-refractivity contribution in [2.45, 2.75) is 17.7 Å². The van der Waals surface area contributed by atoms with Crippen molar-refractivity contribution in [2.24, 2.45) is 5.92 Å². The van der Waals surface area contributed by atoms with Gasteiger partial charge in [0.1, 0.15) is 4.33 Å². The highest BCUT2D eigenvalue weighted by molar-refractivity contribution is 6.52. The summed E-state index contributed by atoms with van der Waals surface area (Å²) in [6.45, 7) is 1.83. The number of halogens is 2. The molecule has 4 nitrogen and oxygen atoms in total. The van der Waals surface area contributed by atoms with Crippen molar-refractivity contribution in [3.05, 3.63) is 17.8 Å². The molecule has 1 amide bonds. The van der Waals surface area contributed by atoms with Crippen LogP contribution in [0.4, 0.5) is 5.82 Å². The van der Waals surface area contributed by atoms with Crippen LogP contribution in [0, 0.1) is 12.8 Å². The first-order valence-corrected chi connectivity index (χ1v) is 5.90. The minimum Gasteiger partial charge on any atom is -0.493 e. The monoisotopic (exact) mass is 274 g/mol. The Morgan fingerprint density at radius 2 is 2.24 bits per heavy atom. The maximum Gasteiger partial charge on any atom is 0.231 e. The molecule has 92 valence electrons. The van der Waals surface area contributed by atoms with E-state index in [-0.39, 0.29) is 11.8 Å². The third kappa shape index (κ3) is 2.64. The number of pyridine rings is 1. The number of nitrogens with zero attached hydrogens (tertiary/aromatic N) is 1. The summed E-state index contributed by atoms with van der Waals surface area (Å²) in [4.78, 5) is 16.0. The third-order valence-corrected chi connectivity index (χ3v) is 3.44. The summed E-state index contributed by atoms with van der Waals surface area (Å²) < 4.78 is 4.18. The minimum atomic E-state index is -0.929. The highest BCUT2D eigenvalue weighted by Crippen LogP contribution is 2.53. The van der Waals surface area contributed by atoms with Crippen LogP contribution in [0.5, 0.6) is 5.75 Å². The number of hydrogen-bond donors (Lipinski definition) is 1. The Labute approximate surface area is 109 Å². The van der Waals surface area contributed by atoms with Crippen molar-refractivity contribution < 1.29 is 9.53 Å². The lowest BCUT2D eigenvalue weighted by Crippen LogP contribution is -2.18. The maximum atomic E-state index is 11.8. The van der Waals surface area contributed by atoms with Gasteiger partial charge in [0.25, 0.3) is 0 Å². The van der Waals surface area contributed by atoms with Gasteiger partial charge in [-0.15, -0.1) is 23.2 Å². The van der Waals surface area contributed by atoms with Crippen LogP contribution in [-0.2, 0) is 4.79 Å². The van der Waals surface area contributed by atoms with Crippen molar-refractivity contribution in [2.75, 3.05) is 12.4 Å². The first-order valence-electron chi connectivity index (χ1n) is 5.14. The van der Waals surface area contributed by atoms with Gasteiger partial charge in [-0.3, -0.25) is 4.79 Å². The van der Waals surface area contributed by atoms with Gasteiger partial charge in [-0.1, -0.05) is 0 Å². The first kappa shape index (κ1) is 12.5. The zero-order chi connectivity index (χ0) is 12.6. The molecule has 1 aromatic heterocycles. The zero-order valence-electron chi connectivity index (χ0n) is 9.46. The van der Waals surface area contributed by atoms with Gasteiger partial charge in [0, 0.05) is 5.69 Å². The summed E-state index contributed by atoms with van der Waals surface area (Å²) in [6.07, 6.45) is 0.468. The lowest BCUT2D eigenvalue weighted by Gasteiger charge is -2.09. The van der Waals surface area contributed by atoms with Crippen molar-refractivity contribution in [3.8, 4) is 5.75 Å². The normalized spacial score (nSPS) is 20.8. The molecule has 1 N–H and O–H groups in total. The molecule has 0 radical (unpaired) electrons. The van der Waals surface area contributed by atoms with Gasteiger partial charge in [0.05, 0.1) is 13.0 Å². The average molecular weight is 275 g/mol. The molecule has 6 heteroatoms. The summed E-state index contributed by atoms with van der Waals surface area (Å²) in [5, 5.41) is 2.68. The second-order valence-electron chi connectivity index (χ2n) is 4.01. The highest BCUT2D eigenvalue weighted by Gasteiger charge is 2.56. The molecule has 1 fully saturated rings. The number of methoxy groups -OCH3 is 1. The number of rotatable bonds is 3. The molecule has 1 aliphatic carbocycles. The molecule has 1 heterocycles. The average Bonchev–Trinajstić information content (AvgIpc) is 2.88. The SMILES string of the molecule is COc1ccc(C)nc1NC(=O)[C@H]1CC1(Cl)Cl. The molecule has 0 saturated heterocycles. The van der Waals surface area contributed by atoms with E-state index in [9.17, 15) is 4.79 Å². The van der Waals surface area contributed by atoms with Crippen molar-refractivity contribution in [3.63, 3.8) is 0 Å². The minimum absolute atomic E-state index is 0.230. The molecule has 2 rings (SSSR count). The fraction of sp³-hybridized carbons (Fsp3) is 0.455. The standard InChI is InChI=1S/C11H12Cl2N2O2/c1-6-3-4-8(17-2)9(14-6)15-10(16)7-5-11(7,12)13/h3-4,7H,5H2,1-2H3,(H,14,15,16)/t7-/m1/s1. The fourth-order valence-electron chi connectivity index (χ4n) is 1.50. The number of carbonyl (C=O) groups is 1. The van der Waals surface area contributed by atoms with Crippen LogP contribution in [0.3, 0.4) is 0 Å². The number of ether oxygens (including phenoxy) is 1.